The standard InChI is InChI=1S/C30H33NO6/c1-3-5-9-18-36-23-15-14-22(20-25(23)35-4-2)27-26(28(32)24-13-10-19-37-24)29(33)30(34)31(27)17-16-21-11-7-6-8-12-21/h6-8,10-15,19-20,27,33H,3-5,9,16-18H2,1-2H3. The highest BCUT2D eigenvalue weighted by Crippen LogP contribution is 2.42. The maximum atomic E-state index is 13.4. The van der Waals surface area contributed by atoms with Crippen LogP contribution in [0.1, 0.15) is 60.8 Å². The summed E-state index contributed by atoms with van der Waals surface area (Å²) >= 11 is 0. The van der Waals surface area contributed by atoms with Crippen LogP contribution in [-0.4, -0.2) is 41.5 Å². The monoisotopic (exact) mass is 503 g/mol. The zero-order chi connectivity index (χ0) is 26.2. The number of rotatable bonds is 13. The largest absolute Gasteiger partial charge is 0.503 e. The molecule has 7 nitrogen and oxygen atoms in total. The number of carbonyl (C=O) groups is 2. The van der Waals surface area contributed by atoms with E-state index in [2.05, 4.69) is 6.92 Å². The van der Waals surface area contributed by atoms with Crippen LogP contribution in [0.4, 0.5) is 0 Å². The van der Waals surface area contributed by atoms with Gasteiger partial charge in [0.05, 0.1) is 31.1 Å². The summed E-state index contributed by atoms with van der Waals surface area (Å²) < 4.78 is 17.2. The normalized spacial score (nSPS) is 15.4. The Morgan fingerprint density at radius 2 is 1.81 bits per heavy atom. The van der Waals surface area contributed by atoms with Crippen LogP contribution in [0.5, 0.6) is 11.5 Å². The molecule has 37 heavy (non-hydrogen) atoms. The molecular formula is C30H33NO6. The molecule has 2 heterocycles. The molecule has 0 saturated carbocycles. The van der Waals surface area contributed by atoms with Crippen molar-refractivity contribution in [2.24, 2.45) is 0 Å². The molecule has 1 atom stereocenters. The minimum absolute atomic E-state index is 0.00734. The van der Waals surface area contributed by atoms with E-state index >= 15 is 0 Å². The van der Waals surface area contributed by atoms with Gasteiger partial charge in [-0.05, 0) is 55.2 Å². The second kappa shape index (κ2) is 12.3. The van der Waals surface area contributed by atoms with Crippen LogP contribution in [0.25, 0.3) is 0 Å². The van der Waals surface area contributed by atoms with Crippen LogP contribution in [0.3, 0.4) is 0 Å². The van der Waals surface area contributed by atoms with Gasteiger partial charge in [0, 0.05) is 6.54 Å². The number of carbonyl (C=O) groups excluding carboxylic acids is 2. The van der Waals surface area contributed by atoms with Crippen LogP contribution in [0.2, 0.25) is 0 Å². The van der Waals surface area contributed by atoms with Crippen molar-refractivity contribution in [2.45, 2.75) is 45.6 Å². The number of amides is 1. The first-order valence-electron chi connectivity index (χ1n) is 12.8. The summed E-state index contributed by atoms with van der Waals surface area (Å²) in [4.78, 5) is 28.2. The van der Waals surface area contributed by atoms with Crippen LogP contribution in [0, 0.1) is 0 Å². The highest BCUT2D eigenvalue weighted by molar-refractivity contribution is 6.15. The zero-order valence-corrected chi connectivity index (χ0v) is 21.3. The second-order valence-corrected chi connectivity index (χ2v) is 8.90. The number of benzene rings is 2. The predicted octanol–water partition coefficient (Wildman–Crippen LogP) is 6.07. The smallest absolute Gasteiger partial charge is 0.290 e. The van der Waals surface area contributed by atoms with Crippen molar-refractivity contribution in [3.63, 3.8) is 0 Å². The number of ether oxygens (including phenoxy) is 2. The molecule has 0 radical (unpaired) electrons. The Balaban J connectivity index is 1.70. The summed E-state index contributed by atoms with van der Waals surface area (Å²) in [7, 11) is 0. The Kier molecular flexibility index (Phi) is 8.67. The highest BCUT2D eigenvalue weighted by Gasteiger charge is 2.44. The zero-order valence-electron chi connectivity index (χ0n) is 21.3. The maximum Gasteiger partial charge on any atom is 0.290 e. The van der Waals surface area contributed by atoms with Crippen molar-refractivity contribution in [2.75, 3.05) is 19.8 Å². The van der Waals surface area contributed by atoms with Gasteiger partial charge in [-0.1, -0.05) is 56.2 Å². The number of Topliss-reactive ketones (excluding diaryl/α,β-unsaturated/α-hetero) is 1. The third-order valence-electron chi connectivity index (χ3n) is 6.37. The summed E-state index contributed by atoms with van der Waals surface area (Å²) in [5, 5.41) is 10.9. The molecule has 4 rings (SSSR count). The van der Waals surface area contributed by atoms with E-state index in [4.69, 9.17) is 13.9 Å². The van der Waals surface area contributed by atoms with Gasteiger partial charge in [-0.25, -0.2) is 0 Å². The molecule has 1 unspecified atom stereocenters. The number of furan rings is 1. The first-order valence-corrected chi connectivity index (χ1v) is 12.8. The van der Waals surface area contributed by atoms with E-state index in [-0.39, 0.29) is 11.3 Å². The fraction of sp³-hybridized carbons (Fsp3) is 0.333. The fourth-order valence-electron chi connectivity index (χ4n) is 4.51. The number of hydrogen-bond acceptors (Lipinski definition) is 6. The minimum Gasteiger partial charge on any atom is -0.503 e. The van der Waals surface area contributed by atoms with Crippen molar-refractivity contribution < 1.29 is 28.6 Å². The van der Waals surface area contributed by atoms with Gasteiger partial charge in [0.1, 0.15) is 0 Å². The Morgan fingerprint density at radius 3 is 2.51 bits per heavy atom. The van der Waals surface area contributed by atoms with Crippen LogP contribution in [0.15, 0.2) is 82.7 Å². The van der Waals surface area contributed by atoms with Gasteiger partial charge in [-0.15, -0.1) is 0 Å². The fourth-order valence-corrected chi connectivity index (χ4v) is 4.51. The Morgan fingerprint density at radius 1 is 1.00 bits per heavy atom. The number of aliphatic hydroxyl groups excluding tert-OH is 1. The van der Waals surface area contributed by atoms with Crippen LogP contribution in [-0.2, 0) is 11.2 Å². The molecule has 0 aliphatic carbocycles. The number of aliphatic hydroxyl groups is 1. The molecule has 0 spiro atoms. The number of hydrogen-bond donors (Lipinski definition) is 1. The molecule has 2 aromatic carbocycles. The van der Waals surface area contributed by atoms with E-state index in [1.54, 1.807) is 18.2 Å². The summed E-state index contributed by atoms with van der Waals surface area (Å²) in [6.07, 6.45) is 5.06. The molecule has 7 heteroatoms. The second-order valence-electron chi connectivity index (χ2n) is 8.90. The van der Waals surface area contributed by atoms with E-state index in [0.29, 0.717) is 43.2 Å². The third-order valence-corrected chi connectivity index (χ3v) is 6.37. The van der Waals surface area contributed by atoms with Crippen molar-refractivity contribution in [3.05, 3.63) is 95.1 Å². The van der Waals surface area contributed by atoms with Crippen LogP contribution < -0.4 is 9.47 Å². The third kappa shape index (κ3) is 5.88. The maximum absolute atomic E-state index is 13.4. The number of unbranched alkanes of at least 4 members (excludes halogenated alkanes) is 2. The molecular weight excluding hydrogens is 470 g/mol. The molecule has 0 fully saturated rings. The lowest BCUT2D eigenvalue weighted by atomic mass is 9.94. The molecule has 0 bridgehead atoms. The molecule has 1 N–H and O–H groups in total. The average Bonchev–Trinajstić information content (AvgIpc) is 3.54. The Bertz CT molecular complexity index is 1230. The van der Waals surface area contributed by atoms with Crippen LogP contribution >= 0.6 is 0 Å². The molecule has 194 valence electrons. The summed E-state index contributed by atoms with van der Waals surface area (Å²) in [6.45, 7) is 5.33. The van der Waals surface area contributed by atoms with Gasteiger partial charge in [0.15, 0.2) is 23.0 Å². The van der Waals surface area contributed by atoms with Gasteiger partial charge < -0.3 is 23.9 Å². The topological polar surface area (TPSA) is 89.2 Å². The highest BCUT2D eigenvalue weighted by atomic mass is 16.5. The van der Waals surface area contributed by atoms with Crippen molar-refractivity contribution in [1.29, 1.82) is 0 Å². The Hall–Kier alpha value is -4.00. The van der Waals surface area contributed by atoms with Gasteiger partial charge in [-0.2, -0.15) is 0 Å². The molecule has 1 aliphatic rings. The Labute approximate surface area is 217 Å². The molecule has 1 aromatic heterocycles. The first-order chi connectivity index (χ1) is 18.0. The van der Waals surface area contributed by atoms with Gasteiger partial charge in [0.2, 0.25) is 5.78 Å². The number of ketones is 1. The average molecular weight is 504 g/mol. The minimum atomic E-state index is -0.804. The van der Waals surface area contributed by atoms with E-state index in [0.717, 1.165) is 24.8 Å². The number of nitrogens with zero attached hydrogens (tertiary/aromatic N) is 1. The van der Waals surface area contributed by atoms with Crippen molar-refractivity contribution in [1.82, 2.24) is 4.90 Å². The van der Waals surface area contributed by atoms with Crippen molar-refractivity contribution >= 4 is 11.7 Å². The van der Waals surface area contributed by atoms with E-state index in [9.17, 15) is 14.7 Å². The quantitative estimate of drug-likeness (QED) is 0.225. The predicted molar refractivity (Wildman–Crippen MR) is 140 cm³/mol. The summed E-state index contributed by atoms with van der Waals surface area (Å²) in [6, 6.07) is 17.5. The summed E-state index contributed by atoms with van der Waals surface area (Å²) in [5.74, 6) is -0.478. The molecule has 1 amide bonds. The lowest BCUT2D eigenvalue weighted by Gasteiger charge is -2.27. The van der Waals surface area contributed by atoms with Crippen molar-refractivity contribution in [3.8, 4) is 11.5 Å². The summed E-state index contributed by atoms with van der Waals surface area (Å²) in [5.41, 5.74) is 1.68. The SMILES string of the molecule is CCCCCOc1ccc(C2C(C(=O)c3ccco3)=C(O)C(=O)N2CCc2ccccc2)cc1OCC. The van der Waals surface area contributed by atoms with E-state index < -0.39 is 23.5 Å². The molecule has 3 aromatic rings. The molecule has 1 aliphatic heterocycles. The van der Waals surface area contributed by atoms with Gasteiger partial charge in [0.25, 0.3) is 5.91 Å². The van der Waals surface area contributed by atoms with E-state index in [1.165, 1.54) is 17.2 Å². The lowest BCUT2D eigenvalue weighted by Crippen LogP contribution is -2.33. The van der Waals surface area contributed by atoms with Gasteiger partial charge in [-0.3, -0.25) is 9.59 Å². The van der Waals surface area contributed by atoms with E-state index in [1.807, 2.05) is 43.3 Å². The molecule has 0 saturated heterocycles. The first kappa shape index (κ1) is 26.1. The van der Waals surface area contributed by atoms with Gasteiger partial charge >= 0.3 is 0 Å². The lowest BCUT2D eigenvalue weighted by molar-refractivity contribution is -0.129.